The first-order chi connectivity index (χ1) is 11.0. The van der Waals surface area contributed by atoms with Crippen molar-refractivity contribution >= 4 is 23.5 Å². The number of allylic oxidation sites excluding steroid dienone is 1. The number of benzene rings is 2. The number of Topliss-reactive ketones (excluding diaryl/α,β-unsaturated/α-hetero) is 1. The van der Waals surface area contributed by atoms with Gasteiger partial charge in [0.15, 0.2) is 5.76 Å². The molecular formula is C18H14ClFO3. The predicted molar refractivity (Wildman–Crippen MR) is 86.7 cm³/mol. The van der Waals surface area contributed by atoms with E-state index in [9.17, 15) is 9.18 Å². The monoisotopic (exact) mass is 332 g/mol. The second-order valence-corrected chi connectivity index (χ2v) is 5.48. The van der Waals surface area contributed by atoms with Crippen molar-refractivity contribution < 1.29 is 18.7 Å². The highest BCUT2D eigenvalue weighted by Crippen LogP contribution is 2.39. The fraction of sp³-hybridized carbons (Fsp3) is 0.167. The Morgan fingerprint density at radius 1 is 1.30 bits per heavy atom. The number of halogens is 2. The van der Waals surface area contributed by atoms with Crippen molar-refractivity contribution in [3.8, 4) is 11.5 Å². The zero-order valence-corrected chi connectivity index (χ0v) is 13.4. The van der Waals surface area contributed by atoms with Crippen LogP contribution in [0.2, 0.25) is 5.02 Å². The summed E-state index contributed by atoms with van der Waals surface area (Å²) in [5.74, 6) is 0.335. The first kappa shape index (κ1) is 15.6. The topological polar surface area (TPSA) is 35.5 Å². The van der Waals surface area contributed by atoms with Crippen LogP contribution in [0.15, 0.2) is 36.1 Å². The lowest BCUT2D eigenvalue weighted by atomic mass is 10.1. The quantitative estimate of drug-likeness (QED) is 0.757. The molecule has 0 fully saturated rings. The molecule has 23 heavy (non-hydrogen) atoms. The number of hydrogen-bond donors (Lipinski definition) is 0. The largest absolute Gasteiger partial charge is 0.493 e. The second-order valence-electron chi connectivity index (χ2n) is 5.07. The predicted octanol–water partition coefficient (Wildman–Crippen LogP) is 4.80. The maximum absolute atomic E-state index is 13.9. The van der Waals surface area contributed by atoms with Crippen LogP contribution in [0.1, 0.15) is 28.4 Å². The Morgan fingerprint density at radius 3 is 2.78 bits per heavy atom. The first-order valence-corrected chi connectivity index (χ1v) is 7.55. The van der Waals surface area contributed by atoms with Crippen molar-refractivity contribution in [2.24, 2.45) is 0 Å². The molecular weight excluding hydrogens is 319 g/mol. The molecule has 0 radical (unpaired) electrons. The average Bonchev–Trinajstić information content (AvgIpc) is 2.84. The summed E-state index contributed by atoms with van der Waals surface area (Å²) in [4.78, 5) is 12.4. The van der Waals surface area contributed by atoms with Crippen molar-refractivity contribution in [3.63, 3.8) is 0 Å². The fourth-order valence-electron chi connectivity index (χ4n) is 2.46. The summed E-state index contributed by atoms with van der Waals surface area (Å²) < 4.78 is 25.0. The maximum Gasteiger partial charge on any atom is 0.231 e. The molecule has 0 saturated carbocycles. The maximum atomic E-state index is 13.9. The molecule has 3 nitrogen and oxygen atoms in total. The Labute approximate surface area is 138 Å². The Hall–Kier alpha value is -2.33. The van der Waals surface area contributed by atoms with Crippen LogP contribution in [0, 0.1) is 12.7 Å². The third-order valence-corrected chi connectivity index (χ3v) is 3.94. The molecule has 3 rings (SSSR count). The smallest absolute Gasteiger partial charge is 0.231 e. The number of hydrogen-bond acceptors (Lipinski definition) is 3. The van der Waals surface area contributed by atoms with Gasteiger partial charge < -0.3 is 9.47 Å². The third-order valence-electron chi connectivity index (χ3n) is 3.61. The van der Waals surface area contributed by atoms with Crippen LogP contribution >= 0.6 is 11.6 Å². The van der Waals surface area contributed by atoms with Gasteiger partial charge in [-0.2, -0.15) is 0 Å². The number of ketones is 1. The van der Waals surface area contributed by atoms with Gasteiger partial charge in [-0.15, -0.1) is 0 Å². The van der Waals surface area contributed by atoms with Crippen molar-refractivity contribution in [1.82, 2.24) is 0 Å². The minimum atomic E-state index is -0.510. The molecule has 0 aliphatic carbocycles. The van der Waals surface area contributed by atoms with Crippen molar-refractivity contribution in [1.29, 1.82) is 0 Å². The zero-order chi connectivity index (χ0) is 16.6. The third kappa shape index (κ3) is 2.70. The fourth-order valence-corrected chi connectivity index (χ4v) is 2.68. The van der Waals surface area contributed by atoms with E-state index in [1.807, 2.05) is 13.8 Å². The van der Waals surface area contributed by atoms with Gasteiger partial charge in [0, 0.05) is 11.1 Å². The van der Waals surface area contributed by atoms with Gasteiger partial charge in [0.2, 0.25) is 5.78 Å². The lowest BCUT2D eigenvalue weighted by molar-refractivity contribution is 0.101. The molecule has 0 N–H and O–H groups in total. The van der Waals surface area contributed by atoms with Crippen LogP contribution in [0.4, 0.5) is 4.39 Å². The second kappa shape index (κ2) is 6.05. The van der Waals surface area contributed by atoms with Crippen molar-refractivity contribution in [2.75, 3.05) is 6.61 Å². The summed E-state index contributed by atoms with van der Waals surface area (Å²) >= 11 is 5.99. The molecule has 0 bridgehead atoms. The molecule has 1 aliphatic heterocycles. The van der Waals surface area contributed by atoms with Crippen LogP contribution < -0.4 is 9.47 Å². The SMILES string of the molecule is CCOc1ccc2c(c1C)O/C(=C\c1c(F)cccc1Cl)C2=O. The molecule has 2 aromatic rings. The van der Waals surface area contributed by atoms with Crippen LogP contribution in [-0.4, -0.2) is 12.4 Å². The normalized spacial score (nSPS) is 14.8. The summed E-state index contributed by atoms with van der Waals surface area (Å²) in [6.07, 6.45) is 1.33. The van der Waals surface area contributed by atoms with Gasteiger partial charge in [-0.1, -0.05) is 17.7 Å². The molecule has 0 saturated heterocycles. The van der Waals surface area contributed by atoms with Gasteiger partial charge in [0.1, 0.15) is 17.3 Å². The van der Waals surface area contributed by atoms with Crippen LogP contribution in [-0.2, 0) is 0 Å². The summed E-state index contributed by atoms with van der Waals surface area (Å²) in [6.45, 7) is 4.21. The molecule has 1 aliphatic rings. The first-order valence-electron chi connectivity index (χ1n) is 7.17. The van der Waals surface area contributed by atoms with Gasteiger partial charge in [0.25, 0.3) is 0 Å². The van der Waals surface area contributed by atoms with Crippen molar-refractivity contribution in [2.45, 2.75) is 13.8 Å². The minimum Gasteiger partial charge on any atom is -0.493 e. The zero-order valence-electron chi connectivity index (χ0n) is 12.7. The van der Waals surface area contributed by atoms with Crippen LogP contribution in [0.25, 0.3) is 6.08 Å². The molecule has 2 aromatic carbocycles. The number of carbonyl (C=O) groups is 1. The van der Waals surface area contributed by atoms with Crippen LogP contribution in [0.3, 0.4) is 0 Å². The van der Waals surface area contributed by atoms with Gasteiger partial charge in [0.05, 0.1) is 17.2 Å². The van der Waals surface area contributed by atoms with Crippen LogP contribution in [0.5, 0.6) is 11.5 Å². The molecule has 5 heteroatoms. The van der Waals surface area contributed by atoms with E-state index in [-0.39, 0.29) is 22.1 Å². The Kier molecular flexibility index (Phi) is 4.09. The van der Waals surface area contributed by atoms with E-state index in [2.05, 4.69) is 0 Å². The number of ether oxygens (including phenoxy) is 2. The lowest BCUT2D eigenvalue weighted by Crippen LogP contribution is -1.99. The summed E-state index contributed by atoms with van der Waals surface area (Å²) in [6, 6.07) is 7.73. The summed E-state index contributed by atoms with van der Waals surface area (Å²) in [5, 5.41) is 0.219. The molecule has 0 aromatic heterocycles. The highest BCUT2D eigenvalue weighted by molar-refractivity contribution is 6.32. The van der Waals surface area contributed by atoms with E-state index in [0.29, 0.717) is 23.7 Å². The molecule has 0 amide bonds. The van der Waals surface area contributed by atoms with Gasteiger partial charge in [-0.25, -0.2) is 4.39 Å². The number of fused-ring (bicyclic) bond motifs is 1. The lowest BCUT2D eigenvalue weighted by Gasteiger charge is -2.09. The molecule has 118 valence electrons. The van der Waals surface area contributed by atoms with E-state index in [1.54, 1.807) is 18.2 Å². The molecule has 0 atom stereocenters. The van der Waals surface area contributed by atoms with E-state index in [0.717, 1.165) is 5.56 Å². The summed E-state index contributed by atoms with van der Waals surface area (Å²) in [7, 11) is 0. The Balaban J connectivity index is 2.04. The summed E-state index contributed by atoms with van der Waals surface area (Å²) in [5.41, 5.74) is 1.30. The van der Waals surface area contributed by atoms with E-state index >= 15 is 0 Å². The van der Waals surface area contributed by atoms with Gasteiger partial charge >= 0.3 is 0 Å². The molecule has 1 heterocycles. The number of rotatable bonds is 3. The van der Waals surface area contributed by atoms with E-state index in [4.69, 9.17) is 21.1 Å². The Morgan fingerprint density at radius 2 is 2.09 bits per heavy atom. The molecule has 0 unspecified atom stereocenters. The van der Waals surface area contributed by atoms with E-state index < -0.39 is 5.82 Å². The van der Waals surface area contributed by atoms with Gasteiger partial charge in [-0.05, 0) is 44.2 Å². The van der Waals surface area contributed by atoms with Crippen molar-refractivity contribution in [3.05, 3.63) is 63.6 Å². The molecule has 0 spiro atoms. The number of carbonyl (C=O) groups excluding carboxylic acids is 1. The standard InChI is InChI=1S/C18H14ClFO3/c1-3-22-15-8-7-11-17(21)16(23-18(11)10(15)2)9-12-13(19)5-4-6-14(12)20/h4-9H,3H2,1-2H3/b16-9-. The van der Waals surface area contributed by atoms with Gasteiger partial charge in [-0.3, -0.25) is 4.79 Å². The average molecular weight is 333 g/mol. The minimum absolute atomic E-state index is 0.0451. The highest BCUT2D eigenvalue weighted by Gasteiger charge is 2.30. The highest BCUT2D eigenvalue weighted by atomic mass is 35.5. The van der Waals surface area contributed by atoms with E-state index in [1.165, 1.54) is 18.2 Å². The Bertz CT molecular complexity index is 807.